The van der Waals surface area contributed by atoms with Crippen LogP contribution in [0.15, 0.2) is 24.3 Å². The van der Waals surface area contributed by atoms with Crippen molar-refractivity contribution in [1.29, 1.82) is 0 Å². The summed E-state index contributed by atoms with van der Waals surface area (Å²) in [6, 6.07) is 6.24. The molecule has 1 atom stereocenters. The molecule has 0 radical (unpaired) electrons. The minimum absolute atomic E-state index is 0.130. The van der Waals surface area contributed by atoms with E-state index < -0.39 is 17.9 Å². The van der Waals surface area contributed by atoms with Crippen molar-refractivity contribution in [1.82, 2.24) is 9.79 Å². The van der Waals surface area contributed by atoms with Crippen molar-refractivity contribution in [3.63, 3.8) is 0 Å². The van der Waals surface area contributed by atoms with Crippen LogP contribution in [0.4, 0.5) is 0 Å². The van der Waals surface area contributed by atoms with Crippen LogP contribution in [-0.2, 0) is 25.2 Å². The Labute approximate surface area is 202 Å². The normalized spacial score (nSPS) is 13.0. The van der Waals surface area contributed by atoms with Gasteiger partial charge in [0.1, 0.15) is 24.9 Å². The van der Waals surface area contributed by atoms with Gasteiger partial charge in [0.25, 0.3) is 5.91 Å². The van der Waals surface area contributed by atoms with Gasteiger partial charge >= 0.3 is 5.97 Å². The first kappa shape index (κ1) is 25.6. The van der Waals surface area contributed by atoms with Crippen molar-refractivity contribution < 1.29 is 38.2 Å². The molecular formula is C23H28N2O8S. The Morgan fingerprint density at radius 3 is 2.56 bits per heavy atom. The summed E-state index contributed by atoms with van der Waals surface area (Å²) in [6.45, 7) is 9.08. The first-order chi connectivity index (χ1) is 16.2. The molecule has 10 nitrogen and oxygen atoms in total. The summed E-state index contributed by atoms with van der Waals surface area (Å²) in [5, 5.41) is 9.26. The van der Waals surface area contributed by atoms with Gasteiger partial charge in [0, 0.05) is 13.5 Å². The molecule has 0 aliphatic carbocycles. The van der Waals surface area contributed by atoms with E-state index in [1.54, 1.807) is 23.7 Å². The second-order valence-electron chi connectivity index (χ2n) is 7.87. The average molecular weight is 493 g/mol. The largest absolute Gasteiger partial charge is 0.464 e. The molecular weight excluding hydrogens is 464 g/mol. The first-order valence-corrected chi connectivity index (χ1v) is 11.2. The first-order valence-electron chi connectivity index (χ1n) is 10.5. The number of hydrogen-bond donors (Lipinski definition) is 2. The minimum Gasteiger partial charge on any atom is -0.464 e. The van der Waals surface area contributed by atoms with Gasteiger partial charge < -0.3 is 19.1 Å². The molecule has 1 aliphatic rings. The quantitative estimate of drug-likeness (QED) is 0.128. The Kier molecular flexibility index (Phi) is 8.61. The summed E-state index contributed by atoms with van der Waals surface area (Å²) in [6.07, 6.45) is 0. The maximum absolute atomic E-state index is 12.4. The molecule has 184 valence electrons. The zero-order valence-electron chi connectivity index (χ0n) is 19.7. The number of nitrogens with zero attached hydrogens (tertiary/aromatic N) is 1. The summed E-state index contributed by atoms with van der Waals surface area (Å²) >= 11 is 0.751. The maximum Gasteiger partial charge on any atom is 0.302 e. The smallest absolute Gasteiger partial charge is 0.302 e. The summed E-state index contributed by atoms with van der Waals surface area (Å²) < 4.78 is 22.8. The number of ether oxygens (including phenoxy) is 3. The minimum atomic E-state index is -1.09. The van der Waals surface area contributed by atoms with E-state index in [1.165, 1.54) is 11.2 Å². The average Bonchev–Trinajstić information content (AvgIpc) is 3.27. The number of hydrogen-bond acceptors (Lipinski definition) is 10. The lowest BCUT2D eigenvalue weighted by atomic mass is 10.00. The predicted octanol–water partition coefficient (Wildman–Crippen LogP) is 3.46. The molecule has 0 saturated heterocycles. The molecule has 1 aliphatic heterocycles. The molecule has 3 rings (SSSR count). The number of carbonyl (C=O) groups is 2. The van der Waals surface area contributed by atoms with Crippen LogP contribution in [0.3, 0.4) is 0 Å². The van der Waals surface area contributed by atoms with Crippen LogP contribution in [0.5, 0.6) is 17.2 Å². The van der Waals surface area contributed by atoms with Crippen LogP contribution < -0.4 is 19.8 Å². The number of carbonyl (C=O) groups excluding carboxylic acids is 2. The van der Waals surface area contributed by atoms with Gasteiger partial charge in [-0.3, -0.25) is 14.8 Å². The maximum atomic E-state index is 12.4. The lowest BCUT2D eigenvalue weighted by Gasteiger charge is -2.27. The van der Waals surface area contributed by atoms with E-state index in [1.807, 2.05) is 33.8 Å². The molecule has 0 saturated carbocycles. The summed E-state index contributed by atoms with van der Waals surface area (Å²) in [7, 11) is 0. The van der Waals surface area contributed by atoms with Gasteiger partial charge in [-0.1, -0.05) is 16.5 Å². The van der Waals surface area contributed by atoms with E-state index in [0.29, 0.717) is 17.2 Å². The molecule has 2 N–H and O–H groups in total. The Morgan fingerprint density at radius 1 is 1.12 bits per heavy atom. The highest BCUT2D eigenvalue weighted by molar-refractivity contribution is 7.92. The molecule has 0 fully saturated rings. The van der Waals surface area contributed by atoms with Gasteiger partial charge in [0.15, 0.2) is 17.2 Å². The lowest BCUT2D eigenvalue weighted by Crippen LogP contribution is -2.46. The van der Waals surface area contributed by atoms with Gasteiger partial charge in [-0.05, 0) is 67.6 Å². The molecule has 1 heterocycles. The van der Waals surface area contributed by atoms with E-state index in [4.69, 9.17) is 23.4 Å². The second kappa shape index (κ2) is 11.4. The number of aryl methyl sites for hydroxylation is 2. The van der Waals surface area contributed by atoms with E-state index in [9.17, 15) is 14.8 Å². The fourth-order valence-electron chi connectivity index (χ4n) is 3.45. The van der Waals surface area contributed by atoms with Crippen LogP contribution in [0.2, 0.25) is 0 Å². The Balaban J connectivity index is 1.81. The number of hydroxylamine groups is 1. The number of amides is 1. The molecule has 0 bridgehead atoms. The molecule has 1 unspecified atom stereocenters. The van der Waals surface area contributed by atoms with Crippen LogP contribution in [0.25, 0.3) is 0 Å². The van der Waals surface area contributed by atoms with Crippen molar-refractivity contribution in [2.45, 2.75) is 47.2 Å². The van der Waals surface area contributed by atoms with Crippen molar-refractivity contribution >= 4 is 24.1 Å². The zero-order valence-corrected chi connectivity index (χ0v) is 20.5. The highest BCUT2D eigenvalue weighted by Crippen LogP contribution is 2.34. The van der Waals surface area contributed by atoms with Gasteiger partial charge in [0.05, 0.1) is 0 Å². The SMILES string of the molecule is CC(=O)OCC(C(=O)NO)N(Cc1ccc2c(c1)OCO2)SOOc1c(C)cc(C)c(C)c1C. The number of esters is 1. The van der Waals surface area contributed by atoms with Crippen molar-refractivity contribution in [3.8, 4) is 17.2 Å². The predicted molar refractivity (Wildman–Crippen MR) is 123 cm³/mol. The van der Waals surface area contributed by atoms with Gasteiger partial charge in [-0.15, -0.1) is 0 Å². The molecule has 2 aromatic carbocycles. The van der Waals surface area contributed by atoms with Gasteiger partial charge in [-0.25, -0.2) is 9.79 Å². The summed E-state index contributed by atoms with van der Waals surface area (Å²) in [5.74, 6) is 0.415. The Morgan fingerprint density at radius 2 is 1.85 bits per heavy atom. The van der Waals surface area contributed by atoms with Crippen LogP contribution in [0, 0.1) is 27.7 Å². The van der Waals surface area contributed by atoms with Crippen LogP contribution in [0.1, 0.15) is 34.7 Å². The highest BCUT2D eigenvalue weighted by Gasteiger charge is 2.30. The second-order valence-corrected chi connectivity index (χ2v) is 8.63. The van der Waals surface area contributed by atoms with E-state index in [2.05, 4.69) is 0 Å². The highest BCUT2D eigenvalue weighted by atomic mass is 32.2. The number of fused-ring (bicyclic) bond motifs is 1. The van der Waals surface area contributed by atoms with E-state index in [0.717, 1.165) is 40.0 Å². The van der Waals surface area contributed by atoms with Gasteiger partial charge in [-0.2, -0.15) is 0 Å². The van der Waals surface area contributed by atoms with E-state index >= 15 is 0 Å². The van der Waals surface area contributed by atoms with E-state index in [-0.39, 0.29) is 19.9 Å². The molecule has 0 spiro atoms. The third kappa shape index (κ3) is 6.11. The summed E-state index contributed by atoms with van der Waals surface area (Å²) in [4.78, 5) is 29.4. The van der Waals surface area contributed by atoms with Crippen molar-refractivity contribution in [2.24, 2.45) is 0 Å². The fraction of sp³-hybridized carbons (Fsp3) is 0.391. The number of rotatable bonds is 10. The molecule has 11 heteroatoms. The molecule has 0 aromatic heterocycles. The topological polar surface area (TPSA) is 116 Å². The van der Waals surface area contributed by atoms with Crippen LogP contribution >= 0.6 is 12.2 Å². The third-order valence-corrected chi connectivity index (χ3v) is 6.21. The summed E-state index contributed by atoms with van der Waals surface area (Å²) in [5.41, 5.74) is 6.43. The van der Waals surface area contributed by atoms with Crippen LogP contribution in [-0.4, -0.2) is 40.8 Å². The molecule has 1 amide bonds. The zero-order chi connectivity index (χ0) is 24.8. The molecule has 2 aromatic rings. The Hall–Kier alpha value is -2.99. The number of nitrogens with one attached hydrogen (secondary N) is 1. The van der Waals surface area contributed by atoms with Gasteiger partial charge in [0.2, 0.25) is 6.79 Å². The van der Waals surface area contributed by atoms with Crippen molar-refractivity contribution in [2.75, 3.05) is 13.4 Å². The molecule has 34 heavy (non-hydrogen) atoms. The lowest BCUT2D eigenvalue weighted by molar-refractivity contribution is -0.146. The standard InChI is InChI=1S/C23H28N2O8S/c1-13-8-14(2)22(16(4)15(13)3)32-33-34-25(19(23(27)24-28)11-29-17(5)26)10-18-6-7-20-21(9-18)31-12-30-20/h6-9,19,28H,10-12H2,1-5H3,(H,24,27). The third-order valence-electron chi connectivity index (χ3n) is 5.51. The fourth-order valence-corrected chi connectivity index (χ4v) is 4.08. The van der Waals surface area contributed by atoms with Crippen molar-refractivity contribution in [3.05, 3.63) is 52.1 Å². The Bertz CT molecular complexity index is 1060. The monoisotopic (exact) mass is 492 g/mol. The number of benzene rings is 2.